The molecule has 9 heteroatoms. The number of hydrogen-bond acceptors (Lipinski definition) is 3. The molecule has 1 aliphatic rings. The molecule has 1 aromatic heterocycles. The minimum absolute atomic E-state index is 0.0607. The van der Waals surface area contributed by atoms with Crippen molar-refractivity contribution in [2.75, 3.05) is 19.6 Å². The molecule has 148 valence electrons. The van der Waals surface area contributed by atoms with Crippen molar-refractivity contribution in [1.82, 2.24) is 20.0 Å². The monoisotopic (exact) mass is 394 g/mol. The van der Waals surface area contributed by atoms with Crippen LogP contribution in [0.15, 0.2) is 0 Å². The Morgan fingerprint density at radius 1 is 1.35 bits per heavy atom. The lowest BCUT2D eigenvalue weighted by Gasteiger charge is -2.25. The van der Waals surface area contributed by atoms with Crippen LogP contribution >= 0.6 is 11.6 Å². The molecule has 0 radical (unpaired) electrons. The third-order valence-corrected chi connectivity index (χ3v) is 5.05. The van der Waals surface area contributed by atoms with Gasteiger partial charge in [0.2, 0.25) is 5.91 Å². The van der Waals surface area contributed by atoms with Gasteiger partial charge >= 0.3 is 6.18 Å². The molecule has 1 heterocycles. The third-order valence-electron chi connectivity index (χ3n) is 4.68. The summed E-state index contributed by atoms with van der Waals surface area (Å²) in [6, 6.07) is -0.985. The molecule has 2 rings (SSSR count). The van der Waals surface area contributed by atoms with Gasteiger partial charge in [-0.1, -0.05) is 25.4 Å². The summed E-state index contributed by atoms with van der Waals surface area (Å²) in [5.41, 5.74) is -0.796. The number of nitrogens with one attached hydrogen (secondary N) is 1. The highest BCUT2D eigenvalue weighted by Crippen LogP contribution is 2.47. The number of rotatable bonds is 8. The van der Waals surface area contributed by atoms with Crippen LogP contribution in [-0.2, 0) is 11.0 Å². The molecule has 26 heavy (non-hydrogen) atoms. The largest absolute Gasteiger partial charge is 0.436 e. The van der Waals surface area contributed by atoms with Crippen LogP contribution in [0.5, 0.6) is 0 Å². The molecule has 0 unspecified atom stereocenters. The number of carbonyl (C=O) groups excluding carboxylic acids is 1. The second kappa shape index (κ2) is 8.17. The Bertz CT molecular complexity index is 639. The van der Waals surface area contributed by atoms with E-state index < -0.39 is 17.9 Å². The van der Waals surface area contributed by atoms with Gasteiger partial charge in [-0.3, -0.25) is 9.48 Å². The van der Waals surface area contributed by atoms with Crippen LogP contribution in [0.4, 0.5) is 13.2 Å². The molecule has 5 nitrogen and oxygen atoms in total. The second-order valence-corrected chi connectivity index (χ2v) is 7.21. The zero-order valence-corrected chi connectivity index (χ0v) is 16.3. The lowest BCUT2D eigenvalue weighted by Crippen LogP contribution is -2.44. The van der Waals surface area contributed by atoms with Crippen molar-refractivity contribution in [3.8, 4) is 0 Å². The van der Waals surface area contributed by atoms with E-state index in [2.05, 4.69) is 15.3 Å². The summed E-state index contributed by atoms with van der Waals surface area (Å²) >= 11 is 5.97. The van der Waals surface area contributed by atoms with Crippen LogP contribution in [-0.4, -0.2) is 46.3 Å². The quantitative estimate of drug-likeness (QED) is 0.728. The molecule has 1 fully saturated rings. The van der Waals surface area contributed by atoms with Crippen molar-refractivity contribution >= 4 is 17.5 Å². The minimum atomic E-state index is -4.64. The van der Waals surface area contributed by atoms with Crippen molar-refractivity contribution < 1.29 is 18.0 Å². The van der Waals surface area contributed by atoms with Crippen molar-refractivity contribution in [2.45, 2.75) is 64.7 Å². The van der Waals surface area contributed by atoms with Gasteiger partial charge in [0.1, 0.15) is 6.04 Å². The number of amides is 1. The van der Waals surface area contributed by atoms with Crippen LogP contribution in [0.25, 0.3) is 0 Å². The average molecular weight is 395 g/mol. The van der Waals surface area contributed by atoms with E-state index in [1.54, 1.807) is 6.92 Å². The Kier molecular flexibility index (Phi) is 6.60. The van der Waals surface area contributed by atoms with E-state index in [9.17, 15) is 18.0 Å². The maximum atomic E-state index is 13.2. The van der Waals surface area contributed by atoms with E-state index in [0.29, 0.717) is 12.2 Å². The van der Waals surface area contributed by atoms with Crippen molar-refractivity contribution in [3.05, 3.63) is 16.4 Å². The highest BCUT2D eigenvalue weighted by Gasteiger charge is 2.43. The van der Waals surface area contributed by atoms with E-state index in [0.717, 1.165) is 30.6 Å². The van der Waals surface area contributed by atoms with Gasteiger partial charge in [0.15, 0.2) is 5.69 Å². The van der Waals surface area contributed by atoms with Gasteiger partial charge in [0.25, 0.3) is 0 Å². The SMILES string of the molecule is CCN(CC)C[C@H](C)NC(=O)[C@H](C)n1nc(C(F)(F)F)c(Cl)c1C1CC1. The van der Waals surface area contributed by atoms with E-state index in [1.807, 2.05) is 20.8 Å². The van der Waals surface area contributed by atoms with Crippen LogP contribution < -0.4 is 5.32 Å². The molecule has 0 bridgehead atoms. The predicted octanol–water partition coefficient (Wildman–Crippen LogP) is 3.84. The second-order valence-electron chi connectivity index (χ2n) is 6.84. The van der Waals surface area contributed by atoms with Gasteiger partial charge in [0, 0.05) is 18.5 Å². The molecular weight excluding hydrogens is 369 g/mol. The summed E-state index contributed by atoms with van der Waals surface area (Å²) in [6.07, 6.45) is -3.12. The number of alkyl halides is 3. The first-order valence-electron chi connectivity index (χ1n) is 8.97. The van der Waals surface area contributed by atoms with Crippen molar-refractivity contribution in [2.24, 2.45) is 0 Å². The number of nitrogens with zero attached hydrogens (tertiary/aromatic N) is 3. The molecule has 1 aromatic rings. The predicted molar refractivity (Wildman–Crippen MR) is 94.3 cm³/mol. The third kappa shape index (κ3) is 4.71. The van der Waals surface area contributed by atoms with Gasteiger partial charge in [0.05, 0.1) is 10.7 Å². The standard InChI is InChI=1S/C17H26ClF3N4O/c1-5-24(6-2)9-10(3)22-16(26)11(4)25-14(12-7-8-12)13(18)15(23-25)17(19,20)21/h10-12H,5-9H2,1-4H3,(H,22,26)/t10-,11-/m0/s1. The van der Waals surface area contributed by atoms with Crippen LogP contribution in [0.3, 0.4) is 0 Å². The summed E-state index contributed by atoms with van der Waals surface area (Å²) < 4.78 is 40.6. The Balaban J connectivity index is 2.18. The fourth-order valence-electron chi connectivity index (χ4n) is 3.02. The van der Waals surface area contributed by atoms with Crippen molar-refractivity contribution in [3.63, 3.8) is 0 Å². The first-order valence-corrected chi connectivity index (χ1v) is 9.35. The molecule has 1 amide bonds. The van der Waals surface area contributed by atoms with Crippen LogP contribution in [0, 0.1) is 0 Å². The fraction of sp³-hybridized carbons (Fsp3) is 0.765. The number of carbonyl (C=O) groups is 1. The molecule has 1 aliphatic carbocycles. The summed E-state index contributed by atoms with van der Waals surface area (Å²) in [6.45, 7) is 9.90. The first kappa shape index (κ1) is 21.0. The van der Waals surface area contributed by atoms with Gasteiger partial charge in [-0.25, -0.2) is 0 Å². The summed E-state index contributed by atoms with van der Waals surface area (Å²) in [5, 5.41) is 6.14. The van der Waals surface area contributed by atoms with Gasteiger partial charge in [-0.15, -0.1) is 0 Å². The molecule has 2 atom stereocenters. The summed E-state index contributed by atoms with van der Waals surface area (Å²) in [7, 11) is 0. The van der Waals surface area contributed by atoms with Gasteiger partial charge in [-0.05, 0) is 39.8 Å². The molecule has 0 spiro atoms. The molecule has 1 saturated carbocycles. The number of halogens is 4. The normalized spacial score (nSPS) is 17.4. The number of likely N-dealkylation sites (N-methyl/N-ethyl adjacent to an activating group) is 1. The zero-order chi connectivity index (χ0) is 19.6. The van der Waals surface area contributed by atoms with Crippen LogP contribution in [0.1, 0.15) is 63.9 Å². The molecule has 0 aromatic carbocycles. The molecule has 1 N–H and O–H groups in total. The molecule has 0 saturated heterocycles. The lowest BCUT2D eigenvalue weighted by molar-refractivity contribution is -0.141. The Labute approximate surface area is 156 Å². The maximum Gasteiger partial charge on any atom is 0.436 e. The van der Waals surface area contributed by atoms with Gasteiger partial charge in [-0.2, -0.15) is 18.3 Å². The lowest BCUT2D eigenvalue weighted by atomic mass is 10.2. The Morgan fingerprint density at radius 3 is 2.38 bits per heavy atom. The summed E-state index contributed by atoms with van der Waals surface area (Å²) in [4.78, 5) is 14.7. The molecule has 0 aliphatic heterocycles. The topological polar surface area (TPSA) is 50.2 Å². The highest BCUT2D eigenvalue weighted by molar-refractivity contribution is 6.32. The summed E-state index contributed by atoms with van der Waals surface area (Å²) in [5.74, 6) is -0.422. The van der Waals surface area contributed by atoms with Gasteiger partial charge < -0.3 is 10.2 Å². The zero-order valence-electron chi connectivity index (χ0n) is 15.5. The van der Waals surface area contributed by atoms with E-state index in [1.165, 1.54) is 0 Å². The van der Waals surface area contributed by atoms with Crippen molar-refractivity contribution in [1.29, 1.82) is 0 Å². The van der Waals surface area contributed by atoms with E-state index >= 15 is 0 Å². The fourth-order valence-corrected chi connectivity index (χ4v) is 3.40. The number of aromatic nitrogens is 2. The average Bonchev–Trinajstić information content (AvgIpc) is 3.33. The van der Waals surface area contributed by atoms with E-state index in [-0.39, 0.29) is 22.9 Å². The smallest absolute Gasteiger partial charge is 0.351 e. The number of hydrogen-bond donors (Lipinski definition) is 1. The first-order chi connectivity index (χ1) is 12.1. The van der Waals surface area contributed by atoms with Crippen LogP contribution in [0.2, 0.25) is 5.02 Å². The highest BCUT2D eigenvalue weighted by atomic mass is 35.5. The molecular formula is C17H26ClF3N4O. The maximum absolute atomic E-state index is 13.2. The Hall–Kier alpha value is -1.28. The van der Waals surface area contributed by atoms with E-state index in [4.69, 9.17) is 11.6 Å². The Morgan fingerprint density at radius 2 is 1.92 bits per heavy atom. The minimum Gasteiger partial charge on any atom is -0.351 e.